The zero-order valence-corrected chi connectivity index (χ0v) is 14.6. The molecule has 4 rings (SSSR count). The lowest BCUT2D eigenvalue weighted by Crippen LogP contribution is -2.55. The molecule has 1 heterocycles. The fourth-order valence-corrected chi connectivity index (χ4v) is 4.74. The number of carbonyl (C=O) groups excluding carboxylic acids is 2. The second-order valence-corrected chi connectivity index (χ2v) is 8.32. The first kappa shape index (κ1) is 16.7. The van der Waals surface area contributed by atoms with Crippen LogP contribution in [0, 0.1) is 10.8 Å². The van der Waals surface area contributed by atoms with Gasteiger partial charge in [0.1, 0.15) is 0 Å². The van der Waals surface area contributed by atoms with E-state index in [1.54, 1.807) is 0 Å². The van der Waals surface area contributed by atoms with Crippen LogP contribution in [0.15, 0.2) is 0 Å². The smallest absolute Gasteiger partial charge is 0.311 e. The van der Waals surface area contributed by atoms with E-state index in [0.717, 1.165) is 51.4 Å². The molecule has 0 radical (unpaired) electrons. The number of rotatable bonds is 3. The zero-order valence-electron chi connectivity index (χ0n) is 14.6. The molecule has 0 aromatic carbocycles. The van der Waals surface area contributed by atoms with Crippen LogP contribution >= 0.6 is 0 Å². The van der Waals surface area contributed by atoms with E-state index in [0.29, 0.717) is 6.61 Å². The molecule has 1 saturated heterocycles. The Morgan fingerprint density at radius 2 is 1.61 bits per heavy atom. The van der Waals surface area contributed by atoms with Crippen molar-refractivity contribution >= 4 is 11.9 Å². The van der Waals surface area contributed by atoms with Gasteiger partial charge >= 0.3 is 5.97 Å². The Labute approximate surface area is 138 Å². The van der Waals surface area contributed by atoms with Gasteiger partial charge < -0.3 is 14.8 Å². The second kappa shape index (κ2) is 5.76. The van der Waals surface area contributed by atoms with Crippen LogP contribution in [-0.4, -0.2) is 37.2 Å². The molecule has 1 aliphatic heterocycles. The van der Waals surface area contributed by atoms with Gasteiger partial charge in [0, 0.05) is 18.1 Å². The summed E-state index contributed by atoms with van der Waals surface area (Å²) in [4.78, 5) is 25.0. The molecule has 3 aliphatic carbocycles. The maximum Gasteiger partial charge on any atom is 0.311 e. The predicted octanol–water partition coefficient (Wildman–Crippen LogP) is 2.57. The molecular formula is C18H29NO4. The number of hydrogen-bond donors (Lipinski definition) is 1. The van der Waals surface area contributed by atoms with Crippen molar-refractivity contribution in [3.05, 3.63) is 0 Å². The van der Waals surface area contributed by atoms with Crippen molar-refractivity contribution in [2.75, 3.05) is 13.7 Å². The normalized spacial score (nSPS) is 38.8. The third kappa shape index (κ3) is 3.00. The van der Waals surface area contributed by atoms with E-state index in [2.05, 4.69) is 19.2 Å². The summed E-state index contributed by atoms with van der Waals surface area (Å²) in [5.74, 6) is 0.107. The van der Waals surface area contributed by atoms with Gasteiger partial charge in [0.15, 0.2) is 0 Å². The van der Waals surface area contributed by atoms with Crippen LogP contribution in [0.25, 0.3) is 0 Å². The molecule has 3 saturated carbocycles. The van der Waals surface area contributed by atoms with Gasteiger partial charge in [-0.15, -0.1) is 0 Å². The van der Waals surface area contributed by atoms with Crippen molar-refractivity contribution < 1.29 is 19.1 Å². The summed E-state index contributed by atoms with van der Waals surface area (Å²) in [6.45, 7) is 4.86. The Bertz CT molecular complexity index is 475. The molecule has 5 heteroatoms. The highest BCUT2D eigenvalue weighted by Crippen LogP contribution is 2.57. The summed E-state index contributed by atoms with van der Waals surface area (Å²) >= 11 is 0. The topological polar surface area (TPSA) is 64.6 Å². The van der Waals surface area contributed by atoms with Crippen LogP contribution in [0.5, 0.6) is 0 Å². The van der Waals surface area contributed by atoms with E-state index >= 15 is 0 Å². The lowest BCUT2D eigenvalue weighted by molar-refractivity contribution is -0.167. The van der Waals surface area contributed by atoms with E-state index in [1.807, 2.05) is 0 Å². The van der Waals surface area contributed by atoms with Crippen molar-refractivity contribution in [1.82, 2.24) is 5.32 Å². The number of esters is 1. The Morgan fingerprint density at radius 3 is 2.13 bits per heavy atom. The Balaban J connectivity index is 1.62. The molecule has 1 atom stereocenters. The Hall–Kier alpha value is -1.10. The average molecular weight is 323 g/mol. The van der Waals surface area contributed by atoms with Gasteiger partial charge in [0.2, 0.25) is 5.91 Å². The first-order valence-corrected chi connectivity index (χ1v) is 8.84. The number of ether oxygens (including phenoxy) is 2. The minimum Gasteiger partial charge on any atom is -0.469 e. The van der Waals surface area contributed by atoms with Crippen molar-refractivity contribution in [3.63, 3.8) is 0 Å². The maximum absolute atomic E-state index is 12.9. The summed E-state index contributed by atoms with van der Waals surface area (Å²) in [5.41, 5.74) is -0.747. The first-order chi connectivity index (χ1) is 10.8. The number of carbonyl (C=O) groups is 2. The molecule has 0 aromatic rings. The van der Waals surface area contributed by atoms with Crippen molar-refractivity contribution in [2.24, 2.45) is 10.8 Å². The quantitative estimate of drug-likeness (QED) is 0.811. The third-order valence-corrected chi connectivity index (χ3v) is 6.38. The lowest BCUT2D eigenvalue weighted by atomic mass is 9.53. The monoisotopic (exact) mass is 323 g/mol. The lowest BCUT2D eigenvalue weighted by Gasteiger charge is -2.51. The van der Waals surface area contributed by atoms with E-state index in [9.17, 15) is 9.59 Å². The minimum atomic E-state index is -0.322. The fraction of sp³-hybridized carbons (Fsp3) is 0.889. The highest BCUT2D eigenvalue weighted by molar-refractivity contribution is 5.85. The molecule has 1 unspecified atom stereocenters. The molecule has 0 aromatic heterocycles. The molecule has 2 bridgehead atoms. The molecule has 0 spiro atoms. The van der Waals surface area contributed by atoms with Gasteiger partial charge in [-0.3, -0.25) is 9.59 Å². The van der Waals surface area contributed by atoms with Gasteiger partial charge in [-0.1, -0.05) is 0 Å². The van der Waals surface area contributed by atoms with Crippen LogP contribution < -0.4 is 5.32 Å². The fourth-order valence-electron chi connectivity index (χ4n) is 4.74. The summed E-state index contributed by atoms with van der Waals surface area (Å²) in [7, 11) is 1.47. The van der Waals surface area contributed by atoms with Gasteiger partial charge in [-0.05, 0) is 65.2 Å². The van der Waals surface area contributed by atoms with Gasteiger partial charge in [-0.2, -0.15) is 0 Å². The van der Waals surface area contributed by atoms with Crippen molar-refractivity contribution in [1.29, 1.82) is 0 Å². The molecular weight excluding hydrogens is 294 g/mol. The Kier molecular flexibility index (Phi) is 4.20. The molecule has 1 amide bonds. The molecule has 1 N–H and O–H groups in total. The summed E-state index contributed by atoms with van der Waals surface area (Å²) in [5, 5.41) is 3.28. The van der Waals surface area contributed by atoms with Crippen LogP contribution in [0.1, 0.15) is 65.2 Å². The third-order valence-electron chi connectivity index (χ3n) is 6.38. The highest BCUT2D eigenvalue weighted by atomic mass is 16.5. The van der Waals surface area contributed by atoms with Crippen LogP contribution in [0.3, 0.4) is 0 Å². The summed E-state index contributed by atoms with van der Waals surface area (Å²) in [6, 6.07) is 0.204. The van der Waals surface area contributed by atoms with Crippen LogP contribution in [0.4, 0.5) is 0 Å². The zero-order chi connectivity index (χ0) is 16.7. The molecule has 23 heavy (non-hydrogen) atoms. The van der Waals surface area contributed by atoms with Crippen LogP contribution in [-0.2, 0) is 19.1 Å². The van der Waals surface area contributed by atoms with E-state index in [1.165, 1.54) is 7.11 Å². The molecule has 4 aliphatic rings. The molecule has 5 nitrogen and oxygen atoms in total. The van der Waals surface area contributed by atoms with Crippen LogP contribution in [0.2, 0.25) is 0 Å². The van der Waals surface area contributed by atoms with Gasteiger partial charge in [-0.25, -0.2) is 0 Å². The van der Waals surface area contributed by atoms with E-state index in [4.69, 9.17) is 9.47 Å². The molecule has 130 valence electrons. The number of methoxy groups -OCH3 is 1. The maximum atomic E-state index is 12.9. The number of hydrogen-bond acceptors (Lipinski definition) is 4. The highest BCUT2D eigenvalue weighted by Gasteiger charge is 2.56. The first-order valence-electron chi connectivity index (χ1n) is 8.84. The SMILES string of the molecule is COC(=O)C12CCC(C(=O)NC3CCOC(C)(C)C3)(CC1)CC2. The number of nitrogens with one attached hydrogen (secondary N) is 1. The average Bonchev–Trinajstić information content (AvgIpc) is 2.54. The molecule has 4 fully saturated rings. The van der Waals surface area contributed by atoms with Gasteiger partial charge in [0.25, 0.3) is 0 Å². The number of fused-ring (bicyclic) bond motifs is 3. The Morgan fingerprint density at radius 1 is 1.04 bits per heavy atom. The van der Waals surface area contributed by atoms with E-state index < -0.39 is 0 Å². The van der Waals surface area contributed by atoms with Crippen molar-refractivity contribution in [2.45, 2.75) is 76.9 Å². The summed E-state index contributed by atoms with van der Waals surface area (Å²) < 4.78 is 10.7. The second-order valence-electron chi connectivity index (χ2n) is 8.32. The minimum absolute atomic E-state index is 0.0858. The largest absolute Gasteiger partial charge is 0.469 e. The predicted molar refractivity (Wildman–Crippen MR) is 85.8 cm³/mol. The van der Waals surface area contributed by atoms with E-state index in [-0.39, 0.29) is 34.3 Å². The summed E-state index contributed by atoms with van der Waals surface area (Å²) in [6.07, 6.45) is 6.52. The van der Waals surface area contributed by atoms with Crippen molar-refractivity contribution in [3.8, 4) is 0 Å². The number of amides is 1. The van der Waals surface area contributed by atoms with Gasteiger partial charge in [0.05, 0.1) is 18.1 Å². The standard InChI is InChI=1S/C18H29NO4/c1-16(2)12-13(4-11-23-16)19-14(20)17-5-8-18(9-6-17,10-7-17)15(21)22-3/h13H,4-12H2,1-3H3,(H,19,20).